The number of aliphatic hydroxyl groups excluding tert-OH is 2. The van der Waals surface area contributed by atoms with Gasteiger partial charge in [0.15, 0.2) is 0 Å². The number of aromatic nitrogens is 1. The van der Waals surface area contributed by atoms with Crippen LogP contribution in [0.1, 0.15) is 57.3 Å². The minimum absolute atomic E-state index is 0.0274. The summed E-state index contributed by atoms with van der Waals surface area (Å²) in [6.45, 7) is 6.22. The topological polar surface area (TPSA) is 53.4 Å². The molecule has 1 atom stereocenters. The Bertz CT molecular complexity index is 775. The molecule has 2 rings (SSSR count). The Kier molecular flexibility index (Phi) is 6.79. The predicted molar refractivity (Wildman–Crippen MR) is 103 cm³/mol. The van der Waals surface area contributed by atoms with Crippen molar-refractivity contribution in [2.24, 2.45) is 5.41 Å². The van der Waals surface area contributed by atoms with E-state index in [1.165, 1.54) is 12.1 Å². The molecule has 3 nitrogen and oxygen atoms in total. The van der Waals surface area contributed by atoms with Crippen molar-refractivity contribution in [3.05, 3.63) is 70.3 Å². The van der Waals surface area contributed by atoms with Gasteiger partial charge in [0.1, 0.15) is 17.7 Å². The van der Waals surface area contributed by atoms with Crippen molar-refractivity contribution in [3.63, 3.8) is 0 Å². The van der Waals surface area contributed by atoms with Gasteiger partial charge in [-0.1, -0.05) is 44.9 Å². The summed E-state index contributed by atoms with van der Waals surface area (Å²) in [6, 6.07) is 7.54. The summed E-state index contributed by atoms with van der Waals surface area (Å²) in [7, 11) is 0. The van der Waals surface area contributed by atoms with Gasteiger partial charge in [0.2, 0.25) is 0 Å². The van der Waals surface area contributed by atoms with Gasteiger partial charge < -0.3 is 10.2 Å². The molecule has 2 N–H and O–H groups in total. The van der Waals surface area contributed by atoms with Gasteiger partial charge in [0.05, 0.1) is 5.56 Å². The van der Waals surface area contributed by atoms with Crippen molar-refractivity contribution in [3.8, 4) is 0 Å². The highest BCUT2D eigenvalue weighted by molar-refractivity contribution is 6.30. The van der Waals surface area contributed by atoms with Crippen LogP contribution < -0.4 is 0 Å². The van der Waals surface area contributed by atoms with E-state index in [0.717, 1.165) is 18.9 Å². The van der Waals surface area contributed by atoms with Crippen LogP contribution in [-0.2, 0) is 0 Å². The van der Waals surface area contributed by atoms with Crippen LogP contribution in [-0.4, -0.2) is 15.2 Å². The molecule has 1 heterocycles. The molecule has 0 aliphatic heterocycles. The van der Waals surface area contributed by atoms with Gasteiger partial charge in [0.25, 0.3) is 0 Å². The molecule has 5 heteroatoms. The Morgan fingerprint density at radius 2 is 2.04 bits per heavy atom. The molecule has 0 bridgehead atoms. The maximum atomic E-state index is 14.3. The van der Waals surface area contributed by atoms with Gasteiger partial charge in [-0.05, 0) is 42.5 Å². The summed E-state index contributed by atoms with van der Waals surface area (Å²) in [4.78, 5) is 4.03. The van der Waals surface area contributed by atoms with E-state index in [0.29, 0.717) is 17.6 Å². The lowest BCUT2D eigenvalue weighted by Gasteiger charge is -2.28. The summed E-state index contributed by atoms with van der Waals surface area (Å²) >= 11 is 5.81. The molecule has 1 aromatic carbocycles. The second kappa shape index (κ2) is 8.65. The molecule has 0 aliphatic carbocycles. The summed E-state index contributed by atoms with van der Waals surface area (Å²) < 4.78 is 14.3. The Morgan fingerprint density at radius 1 is 1.31 bits per heavy atom. The first-order valence-electron chi connectivity index (χ1n) is 8.70. The van der Waals surface area contributed by atoms with Crippen LogP contribution in [0.25, 0.3) is 5.76 Å². The number of benzene rings is 1. The Hall–Kier alpha value is -1.91. The number of nitrogens with zero attached hydrogens (tertiary/aromatic N) is 1. The molecule has 0 fully saturated rings. The molecule has 26 heavy (non-hydrogen) atoms. The van der Waals surface area contributed by atoms with Crippen molar-refractivity contribution >= 4 is 17.4 Å². The Morgan fingerprint density at radius 3 is 2.62 bits per heavy atom. The number of halogens is 2. The van der Waals surface area contributed by atoms with Gasteiger partial charge in [-0.25, -0.2) is 4.39 Å². The fraction of sp³-hybridized carbons (Fsp3) is 0.381. The molecule has 0 spiro atoms. The summed E-state index contributed by atoms with van der Waals surface area (Å²) in [6.07, 6.45) is 4.38. The van der Waals surface area contributed by atoms with Crippen molar-refractivity contribution in [1.82, 2.24) is 4.98 Å². The lowest BCUT2D eigenvalue weighted by Crippen LogP contribution is -2.17. The van der Waals surface area contributed by atoms with Crippen molar-refractivity contribution in [2.75, 3.05) is 0 Å². The molecule has 140 valence electrons. The van der Waals surface area contributed by atoms with Crippen LogP contribution in [0.15, 0.2) is 48.3 Å². The molecule has 1 unspecified atom stereocenters. The van der Waals surface area contributed by atoms with E-state index in [2.05, 4.69) is 25.8 Å². The quantitative estimate of drug-likeness (QED) is 0.574. The highest BCUT2D eigenvalue weighted by Gasteiger charge is 2.27. The third-order valence-corrected chi connectivity index (χ3v) is 4.65. The summed E-state index contributed by atoms with van der Waals surface area (Å²) in [5.41, 5.74) is 0.789. The molecular weight excluding hydrogens is 353 g/mol. The minimum atomic E-state index is -1.07. The van der Waals surface area contributed by atoms with Crippen molar-refractivity contribution in [2.45, 2.75) is 46.1 Å². The smallest absolute Gasteiger partial charge is 0.135 e. The van der Waals surface area contributed by atoms with E-state index < -0.39 is 11.9 Å². The van der Waals surface area contributed by atoms with Gasteiger partial charge in [0, 0.05) is 28.6 Å². The van der Waals surface area contributed by atoms with E-state index in [-0.39, 0.29) is 21.8 Å². The zero-order chi connectivity index (χ0) is 19.3. The summed E-state index contributed by atoms with van der Waals surface area (Å²) in [5.74, 6) is -0.876. The monoisotopic (exact) mass is 377 g/mol. The van der Waals surface area contributed by atoms with E-state index in [4.69, 9.17) is 11.6 Å². The molecule has 0 amide bonds. The molecule has 0 radical (unpaired) electrons. The maximum absolute atomic E-state index is 14.3. The lowest BCUT2D eigenvalue weighted by molar-refractivity contribution is 0.191. The van der Waals surface area contributed by atoms with Crippen molar-refractivity contribution < 1.29 is 14.6 Å². The number of hydrogen-bond donors (Lipinski definition) is 2. The molecule has 2 aromatic rings. The minimum Gasteiger partial charge on any atom is -0.507 e. The molecule has 0 aliphatic rings. The molecule has 0 saturated heterocycles. The van der Waals surface area contributed by atoms with Crippen LogP contribution in [0.4, 0.5) is 4.39 Å². The number of aliphatic hydroxyl groups is 2. The van der Waals surface area contributed by atoms with Crippen molar-refractivity contribution in [1.29, 1.82) is 0 Å². The fourth-order valence-corrected chi connectivity index (χ4v) is 3.34. The van der Waals surface area contributed by atoms with Crippen LogP contribution in [0.3, 0.4) is 0 Å². The van der Waals surface area contributed by atoms with Gasteiger partial charge in [-0.3, -0.25) is 4.98 Å². The fourth-order valence-electron chi connectivity index (χ4n) is 3.18. The van der Waals surface area contributed by atoms with Crippen LogP contribution >= 0.6 is 11.6 Å². The third kappa shape index (κ3) is 5.05. The SMILES string of the molecule is CCCC(C)(C)C/C(=C(\O)c1ccc(Cl)cc1F)C(O)c1cccnc1. The van der Waals surface area contributed by atoms with Crippen LogP contribution in [0, 0.1) is 11.2 Å². The lowest BCUT2D eigenvalue weighted by atomic mass is 9.78. The van der Waals surface area contributed by atoms with Crippen LogP contribution in [0.5, 0.6) is 0 Å². The normalized spacial score (nSPS) is 14.1. The van der Waals surface area contributed by atoms with Gasteiger partial charge in [-0.15, -0.1) is 0 Å². The van der Waals surface area contributed by atoms with E-state index in [1.54, 1.807) is 24.5 Å². The Balaban J connectivity index is 2.54. The first-order valence-corrected chi connectivity index (χ1v) is 9.08. The van der Waals surface area contributed by atoms with E-state index >= 15 is 0 Å². The highest BCUT2D eigenvalue weighted by atomic mass is 35.5. The maximum Gasteiger partial charge on any atom is 0.135 e. The first kappa shape index (κ1) is 20.4. The number of hydrogen-bond acceptors (Lipinski definition) is 3. The Labute approximate surface area is 159 Å². The standard InChI is InChI=1S/C21H25ClFNO2/c1-4-9-21(2,3)12-17(19(25)14-6-5-10-24-13-14)20(26)16-8-7-15(22)11-18(16)23/h5-8,10-11,13,19,25-26H,4,9,12H2,1-3H3/b20-17+. The van der Waals surface area contributed by atoms with Gasteiger partial charge in [-0.2, -0.15) is 0 Å². The molecular formula is C21H25ClFNO2. The molecule has 1 aromatic heterocycles. The van der Waals surface area contributed by atoms with Gasteiger partial charge >= 0.3 is 0 Å². The van der Waals surface area contributed by atoms with E-state index in [9.17, 15) is 14.6 Å². The second-order valence-electron chi connectivity index (χ2n) is 7.28. The average molecular weight is 378 g/mol. The number of pyridine rings is 1. The average Bonchev–Trinajstić information content (AvgIpc) is 2.59. The zero-order valence-electron chi connectivity index (χ0n) is 15.3. The summed E-state index contributed by atoms with van der Waals surface area (Å²) in [5, 5.41) is 22.0. The predicted octanol–water partition coefficient (Wildman–Crippen LogP) is 6.09. The zero-order valence-corrected chi connectivity index (χ0v) is 16.1. The third-order valence-electron chi connectivity index (χ3n) is 4.42. The van der Waals surface area contributed by atoms with Crippen LogP contribution in [0.2, 0.25) is 5.02 Å². The first-order chi connectivity index (χ1) is 12.2. The largest absolute Gasteiger partial charge is 0.507 e. The number of rotatable bonds is 7. The van der Waals surface area contributed by atoms with E-state index in [1.807, 2.05) is 0 Å². The highest BCUT2D eigenvalue weighted by Crippen LogP contribution is 2.39. The molecule has 0 saturated carbocycles. The second-order valence-corrected chi connectivity index (χ2v) is 7.71.